The van der Waals surface area contributed by atoms with E-state index in [9.17, 15) is 18.7 Å². The van der Waals surface area contributed by atoms with Crippen molar-refractivity contribution in [1.29, 1.82) is 0 Å². The Bertz CT molecular complexity index is 1040. The van der Waals surface area contributed by atoms with Crippen LogP contribution in [0.15, 0.2) is 28.2 Å². The normalized spacial score (nSPS) is 19.7. The second kappa shape index (κ2) is 7.50. The van der Waals surface area contributed by atoms with Crippen LogP contribution in [-0.2, 0) is 5.75 Å². The van der Waals surface area contributed by atoms with Gasteiger partial charge in [-0.25, -0.2) is 18.7 Å². The number of aliphatic hydroxyl groups excluding tert-OH is 1. The van der Waals surface area contributed by atoms with E-state index in [1.165, 1.54) is 12.1 Å². The molecule has 1 fully saturated rings. The highest BCUT2D eigenvalue weighted by molar-refractivity contribution is 7.98. The maximum atomic E-state index is 13.8. The number of rotatable bonds is 5. The van der Waals surface area contributed by atoms with Gasteiger partial charge in [0.2, 0.25) is 0 Å². The Hall–Kier alpha value is -2.08. The first-order chi connectivity index (χ1) is 13.0. The fourth-order valence-corrected chi connectivity index (χ4v) is 4.33. The topological polar surface area (TPSA) is 103 Å². The van der Waals surface area contributed by atoms with E-state index in [1.54, 1.807) is 0 Å². The summed E-state index contributed by atoms with van der Waals surface area (Å²) in [5, 5.41) is 16.5. The summed E-state index contributed by atoms with van der Waals surface area (Å²) in [6.45, 7) is 1.03. The van der Waals surface area contributed by atoms with Crippen molar-refractivity contribution in [3.63, 3.8) is 0 Å². The average molecular weight is 411 g/mol. The number of halogens is 2. The first kappa shape index (κ1) is 18.3. The molecule has 0 amide bonds. The third kappa shape index (κ3) is 3.81. The van der Waals surface area contributed by atoms with E-state index in [1.807, 2.05) is 0 Å². The summed E-state index contributed by atoms with van der Waals surface area (Å²) in [5.74, 6) is -1.24. The van der Waals surface area contributed by atoms with Gasteiger partial charge in [0.25, 0.3) is 0 Å². The minimum atomic E-state index is -0.906. The Labute approximate surface area is 160 Å². The summed E-state index contributed by atoms with van der Waals surface area (Å²) < 4.78 is 27.7. The molecule has 2 aromatic heterocycles. The number of benzene rings is 1. The van der Waals surface area contributed by atoms with Crippen LogP contribution in [-0.4, -0.2) is 45.3 Å². The molecular weight excluding hydrogens is 396 g/mol. The number of aromatic amines is 1. The Morgan fingerprint density at radius 2 is 2.19 bits per heavy atom. The number of aliphatic hydroxyl groups is 1. The molecule has 27 heavy (non-hydrogen) atoms. The molecule has 0 spiro atoms. The highest BCUT2D eigenvalue weighted by atomic mass is 32.2. The fourth-order valence-electron chi connectivity index (χ4n) is 2.78. The lowest BCUT2D eigenvalue weighted by Gasteiger charge is -2.16. The first-order valence-electron chi connectivity index (χ1n) is 8.13. The van der Waals surface area contributed by atoms with Crippen LogP contribution in [0.3, 0.4) is 0 Å². The molecule has 4 N–H and O–H groups in total. The third-order valence-electron chi connectivity index (χ3n) is 4.15. The number of thiazole rings is 1. The van der Waals surface area contributed by atoms with Crippen molar-refractivity contribution >= 4 is 39.3 Å². The molecular formula is C16H15F2N5O2S2. The minimum Gasteiger partial charge on any atom is -0.390 e. The molecule has 3 aromatic rings. The first-order valence-corrected chi connectivity index (χ1v) is 9.93. The molecule has 0 aliphatic carbocycles. The smallest absolute Gasteiger partial charge is 0.306 e. The van der Waals surface area contributed by atoms with Crippen LogP contribution in [0.2, 0.25) is 0 Å². The number of hydrogen-bond acceptors (Lipinski definition) is 8. The van der Waals surface area contributed by atoms with E-state index >= 15 is 0 Å². The van der Waals surface area contributed by atoms with Crippen LogP contribution < -0.4 is 15.5 Å². The van der Waals surface area contributed by atoms with Gasteiger partial charge in [0.05, 0.1) is 12.1 Å². The second-order valence-corrected chi connectivity index (χ2v) is 7.95. The Kier molecular flexibility index (Phi) is 5.08. The van der Waals surface area contributed by atoms with Crippen molar-refractivity contribution in [2.75, 3.05) is 18.4 Å². The molecule has 1 aromatic carbocycles. The molecule has 142 valence electrons. The van der Waals surface area contributed by atoms with Crippen molar-refractivity contribution in [3.8, 4) is 0 Å². The molecule has 1 aliphatic rings. The molecule has 0 radical (unpaired) electrons. The highest BCUT2D eigenvalue weighted by Gasteiger charge is 2.26. The molecule has 2 atom stereocenters. The van der Waals surface area contributed by atoms with Gasteiger partial charge in [0, 0.05) is 24.4 Å². The van der Waals surface area contributed by atoms with E-state index in [-0.39, 0.29) is 22.2 Å². The number of fused-ring (bicyclic) bond motifs is 1. The maximum absolute atomic E-state index is 13.8. The van der Waals surface area contributed by atoms with Gasteiger partial charge in [-0.1, -0.05) is 35.2 Å². The Morgan fingerprint density at radius 3 is 2.96 bits per heavy atom. The van der Waals surface area contributed by atoms with Crippen LogP contribution in [0, 0.1) is 11.6 Å². The van der Waals surface area contributed by atoms with E-state index in [0.717, 1.165) is 29.2 Å². The van der Waals surface area contributed by atoms with Gasteiger partial charge in [-0.15, -0.1) is 0 Å². The number of anilines is 1. The summed E-state index contributed by atoms with van der Waals surface area (Å²) in [6, 6.07) is 3.75. The lowest BCUT2D eigenvalue weighted by Crippen LogP contribution is -2.32. The number of nitrogens with zero attached hydrogens (tertiary/aromatic N) is 2. The second-order valence-electron chi connectivity index (χ2n) is 6.03. The molecule has 0 saturated carbocycles. The number of H-pyrrole nitrogens is 1. The summed E-state index contributed by atoms with van der Waals surface area (Å²) in [5.41, 5.74) is 0.567. The summed E-state index contributed by atoms with van der Waals surface area (Å²) in [6.07, 6.45) is -0.580. The zero-order valence-corrected chi connectivity index (χ0v) is 15.5. The van der Waals surface area contributed by atoms with Gasteiger partial charge in [-0.3, -0.25) is 9.78 Å². The van der Waals surface area contributed by atoms with Crippen LogP contribution in [0.5, 0.6) is 0 Å². The third-order valence-corrected chi connectivity index (χ3v) is 5.93. The number of β-amino-alcohol motifs (C(OH)–C–C–N with tert-alkyl or cyclic N) is 1. The lowest BCUT2D eigenvalue weighted by molar-refractivity contribution is 0.185. The van der Waals surface area contributed by atoms with Gasteiger partial charge in [-0.05, 0) is 6.07 Å². The number of aromatic nitrogens is 3. The molecule has 4 rings (SSSR count). The van der Waals surface area contributed by atoms with Gasteiger partial charge in [-0.2, -0.15) is 0 Å². The number of nitrogens with one attached hydrogen (secondary N) is 3. The molecule has 1 saturated heterocycles. The maximum Gasteiger partial charge on any atom is 0.306 e. The molecule has 7 nitrogen and oxygen atoms in total. The zero-order chi connectivity index (χ0) is 19.0. The predicted molar refractivity (Wildman–Crippen MR) is 100 cm³/mol. The fraction of sp³-hybridized carbons (Fsp3) is 0.312. The molecule has 3 heterocycles. The van der Waals surface area contributed by atoms with E-state index in [4.69, 9.17) is 0 Å². The van der Waals surface area contributed by atoms with E-state index < -0.39 is 17.7 Å². The van der Waals surface area contributed by atoms with Gasteiger partial charge < -0.3 is 15.7 Å². The van der Waals surface area contributed by atoms with Crippen LogP contribution in [0.25, 0.3) is 10.3 Å². The number of thioether (sulfide) groups is 1. The highest BCUT2D eigenvalue weighted by Crippen LogP contribution is 2.28. The van der Waals surface area contributed by atoms with Crippen LogP contribution in [0.4, 0.5) is 14.6 Å². The Morgan fingerprint density at radius 1 is 1.33 bits per heavy atom. The zero-order valence-electron chi connectivity index (χ0n) is 13.8. The Balaban J connectivity index is 1.62. The van der Waals surface area contributed by atoms with Crippen molar-refractivity contribution in [1.82, 2.24) is 20.3 Å². The van der Waals surface area contributed by atoms with Crippen molar-refractivity contribution < 1.29 is 13.9 Å². The molecule has 11 heteroatoms. The molecule has 0 bridgehead atoms. The van der Waals surface area contributed by atoms with Crippen molar-refractivity contribution in [3.05, 3.63) is 45.1 Å². The standard InChI is InChI=1S/C16H15F2N5O2S2/c17-8-3-1-2-7(11(8)18)6-26-15-21-13(20-9-4-19-5-10(9)24)12-14(22-15)23-16(25)27-12/h1-3,9-10,19,24H,4-6H2,(H2,20,21,22,23,25)/t9-,10-/m1/s1. The average Bonchev–Trinajstić information content (AvgIpc) is 3.21. The minimum absolute atomic E-state index is 0.135. The number of hydrogen-bond donors (Lipinski definition) is 4. The largest absolute Gasteiger partial charge is 0.390 e. The van der Waals surface area contributed by atoms with Gasteiger partial charge >= 0.3 is 4.87 Å². The summed E-state index contributed by atoms with van der Waals surface area (Å²) >= 11 is 2.10. The van der Waals surface area contributed by atoms with Crippen molar-refractivity contribution in [2.45, 2.75) is 23.1 Å². The van der Waals surface area contributed by atoms with E-state index in [2.05, 4.69) is 25.6 Å². The van der Waals surface area contributed by atoms with E-state index in [0.29, 0.717) is 34.4 Å². The predicted octanol–water partition coefficient (Wildman–Crippen LogP) is 1.69. The molecule has 1 aliphatic heterocycles. The monoisotopic (exact) mass is 411 g/mol. The van der Waals surface area contributed by atoms with Gasteiger partial charge in [0.1, 0.15) is 4.70 Å². The summed E-state index contributed by atoms with van der Waals surface area (Å²) in [4.78, 5) is 22.8. The van der Waals surface area contributed by atoms with Crippen LogP contribution in [0.1, 0.15) is 5.56 Å². The van der Waals surface area contributed by atoms with Crippen molar-refractivity contribution in [2.24, 2.45) is 0 Å². The summed E-state index contributed by atoms with van der Waals surface area (Å²) in [7, 11) is 0. The SMILES string of the molecule is O=c1[nH]c2nc(SCc3cccc(F)c3F)nc(N[C@@H]3CNC[C@H]3O)c2s1. The van der Waals surface area contributed by atoms with Gasteiger partial charge in [0.15, 0.2) is 28.3 Å². The molecule has 0 unspecified atom stereocenters. The quantitative estimate of drug-likeness (QED) is 0.374. The van der Waals surface area contributed by atoms with Crippen LogP contribution >= 0.6 is 23.1 Å². The lowest BCUT2D eigenvalue weighted by atomic mass is 10.2.